The summed E-state index contributed by atoms with van der Waals surface area (Å²) in [5, 5.41) is 22.3. The molecule has 21 nitrogen and oxygen atoms in total. The highest BCUT2D eigenvalue weighted by atomic mass is 32.1. The first-order valence-electron chi connectivity index (χ1n) is 29.5. The molecule has 1 aromatic carbocycles. The number of amides is 8. The summed E-state index contributed by atoms with van der Waals surface area (Å²) in [7, 11) is 6.76. The van der Waals surface area contributed by atoms with Crippen molar-refractivity contribution in [3.63, 3.8) is 0 Å². The van der Waals surface area contributed by atoms with E-state index in [0.29, 0.717) is 76.3 Å². The van der Waals surface area contributed by atoms with Crippen molar-refractivity contribution in [1.82, 2.24) is 52.0 Å². The average Bonchev–Trinajstić information content (AvgIpc) is 4.06. The van der Waals surface area contributed by atoms with Crippen LogP contribution >= 0.6 is 11.3 Å². The number of hydrogen-bond donors (Lipinski definition) is 7. The van der Waals surface area contributed by atoms with Crippen molar-refractivity contribution < 1.29 is 52.6 Å². The van der Waals surface area contributed by atoms with Gasteiger partial charge in [-0.15, -0.1) is 11.3 Å². The number of unbranched alkanes of at least 4 members (excludes halogenated alkanes) is 1. The van der Waals surface area contributed by atoms with Crippen molar-refractivity contribution in [1.29, 1.82) is 0 Å². The smallest absolute Gasteiger partial charge is 0.270 e. The molecule has 0 aliphatic heterocycles. The van der Waals surface area contributed by atoms with E-state index in [1.54, 1.807) is 19.4 Å². The summed E-state index contributed by atoms with van der Waals surface area (Å²) in [4.78, 5) is 116. The molecule has 0 aliphatic rings. The van der Waals surface area contributed by atoms with E-state index in [9.17, 15) is 38.4 Å². The number of rotatable bonds is 41. The molecule has 8 atom stereocenters. The van der Waals surface area contributed by atoms with E-state index in [0.717, 1.165) is 17.5 Å². The van der Waals surface area contributed by atoms with E-state index in [-0.39, 0.29) is 86.2 Å². The van der Waals surface area contributed by atoms with E-state index in [1.807, 2.05) is 96.6 Å². The average molecular weight is 1170 g/mol. The predicted octanol–water partition coefficient (Wildman–Crippen LogP) is 5.39. The second-order valence-corrected chi connectivity index (χ2v) is 23.4. The molecule has 0 radical (unpaired) electrons. The molecule has 0 fully saturated rings. The Morgan fingerprint density at radius 1 is 0.768 bits per heavy atom. The molecule has 0 saturated carbocycles. The van der Waals surface area contributed by atoms with Gasteiger partial charge in [0.05, 0.1) is 18.8 Å². The standard InChI is InChI=1S/C60H102N10O11S/c1-16-30-70(58(77)52(41(7)18-3)68-59(78)60(10,11)69(13)14)48(39(4)5)36-49(81-31-17-2)57-67-47(38-82-57)56(76)65-45(35-44-26-24-40(6)25-27-44)34-42(8)53(73)64-43(9)54(74)66-46(55(75)63-29-21-23-50(71)61-12)22-19-20-28-62-51(72)37-80-33-32-79-15/h24-27,38-39,41-43,45-46,48-49,52H,16-23,28-37H2,1-15H3,(H,61,71)(H,62,72)(H,63,75)(H,64,73)(H,65,76)(H,66,74)(H,68,78)/t41?,42?,43?,45-,46?,48-,49-,52+/m1/s1. The molecule has 0 spiro atoms. The van der Waals surface area contributed by atoms with Crippen molar-refractivity contribution in [3.05, 3.63) is 51.5 Å². The fourth-order valence-electron chi connectivity index (χ4n) is 8.83. The highest BCUT2D eigenvalue weighted by Gasteiger charge is 2.40. The van der Waals surface area contributed by atoms with Crippen LogP contribution in [0.5, 0.6) is 0 Å². The number of likely N-dealkylation sites (N-methyl/N-ethyl adjacent to an activating group) is 1. The van der Waals surface area contributed by atoms with Crippen LogP contribution in [0.4, 0.5) is 0 Å². The zero-order valence-corrected chi connectivity index (χ0v) is 52.9. The quantitative estimate of drug-likeness (QED) is 0.0412. The van der Waals surface area contributed by atoms with E-state index >= 15 is 0 Å². The van der Waals surface area contributed by atoms with Gasteiger partial charge >= 0.3 is 0 Å². The second kappa shape index (κ2) is 38.3. The fraction of sp³-hybridized carbons (Fsp3) is 0.717. The molecule has 464 valence electrons. The molecular weight excluding hydrogens is 1070 g/mol. The molecule has 2 rings (SSSR count). The summed E-state index contributed by atoms with van der Waals surface area (Å²) < 4.78 is 16.7. The molecule has 1 heterocycles. The third-order valence-corrected chi connectivity index (χ3v) is 15.8. The number of ether oxygens (including phenoxy) is 3. The van der Waals surface area contributed by atoms with Crippen LogP contribution in [0.3, 0.4) is 0 Å². The lowest BCUT2D eigenvalue weighted by molar-refractivity contribution is -0.144. The molecule has 0 saturated heterocycles. The van der Waals surface area contributed by atoms with Crippen molar-refractivity contribution in [2.75, 3.05) is 74.3 Å². The van der Waals surface area contributed by atoms with Crippen LogP contribution in [0.2, 0.25) is 0 Å². The van der Waals surface area contributed by atoms with Gasteiger partial charge in [-0.2, -0.15) is 0 Å². The maximum Gasteiger partial charge on any atom is 0.270 e. The van der Waals surface area contributed by atoms with Gasteiger partial charge in [-0.05, 0) is 111 Å². The lowest BCUT2D eigenvalue weighted by Gasteiger charge is -2.40. The summed E-state index contributed by atoms with van der Waals surface area (Å²) >= 11 is 1.31. The molecule has 1 aromatic heterocycles. The molecular formula is C60H102N10O11S. The first-order chi connectivity index (χ1) is 38.8. The van der Waals surface area contributed by atoms with Crippen molar-refractivity contribution in [2.24, 2.45) is 17.8 Å². The Morgan fingerprint density at radius 2 is 1.45 bits per heavy atom. The third-order valence-electron chi connectivity index (χ3n) is 14.8. The highest BCUT2D eigenvalue weighted by molar-refractivity contribution is 7.09. The zero-order valence-electron chi connectivity index (χ0n) is 52.1. The van der Waals surface area contributed by atoms with Gasteiger partial charge in [0.15, 0.2) is 0 Å². The summed E-state index contributed by atoms with van der Waals surface area (Å²) in [6.45, 7) is 23.1. The number of methoxy groups -OCH3 is 1. The second-order valence-electron chi connectivity index (χ2n) is 22.5. The molecule has 22 heteroatoms. The largest absolute Gasteiger partial charge is 0.382 e. The van der Waals surface area contributed by atoms with Crippen LogP contribution in [-0.4, -0.2) is 172 Å². The number of aromatic nitrogens is 1. The molecule has 8 amide bonds. The SMILES string of the molecule is CCCO[C@H](C[C@H](C(C)C)N(CCC)C(=O)[C@@H](NC(=O)C(C)(C)N(C)C)C(C)CC)c1nc(C(=O)N[C@@H](Cc2ccc(C)cc2)CC(C)C(=O)NC(C)C(=O)NC(CCCCNC(=O)COCCOC)C(=O)NCCCC(=O)NC)cs1. The maximum absolute atomic E-state index is 14.8. The first-order valence-corrected chi connectivity index (χ1v) is 30.4. The summed E-state index contributed by atoms with van der Waals surface area (Å²) in [6.07, 6.45) is 4.40. The van der Waals surface area contributed by atoms with Crippen molar-refractivity contribution in [2.45, 2.75) is 189 Å². The number of aryl methyl sites for hydroxylation is 1. The minimum Gasteiger partial charge on any atom is -0.382 e. The third kappa shape index (κ3) is 25.5. The van der Waals surface area contributed by atoms with Gasteiger partial charge in [0.1, 0.15) is 41.5 Å². The molecule has 4 unspecified atom stereocenters. The Balaban J connectivity index is 2.33. The number of thiazole rings is 1. The minimum atomic E-state index is -1.04. The zero-order chi connectivity index (χ0) is 61.5. The van der Waals surface area contributed by atoms with Gasteiger partial charge in [0, 0.05) is 76.6 Å². The van der Waals surface area contributed by atoms with Gasteiger partial charge in [-0.25, -0.2) is 4.98 Å². The molecule has 0 bridgehead atoms. The topological polar surface area (TPSA) is 268 Å². The number of hydrogen-bond acceptors (Lipinski definition) is 14. The molecule has 2 aromatic rings. The van der Waals surface area contributed by atoms with Crippen LogP contribution in [0, 0.1) is 24.7 Å². The van der Waals surface area contributed by atoms with Gasteiger partial charge in [0.25, 0.3) is 5.91 Å². The van der Waals surface area contributed by atoms with Gasteiger partial charge in [-0.1, -0.05) is 84.7 Å². The number of benzene rings is 1. The highest BCUT2D eigenvalue weighted by Crippen LogP contribution is 2.32. The Labute approximate surface area is 493 Å². The van der Waals surface area contributed by atoms with E-state index < -0.39 is 65.4 Å². The predicted molar refractivity (Wildman–Crippen MR) is 321 cm³/mol. The summed E-state index contributed by atoms with van der Waals surface area (Å²) in [6, 6.07) is 4.35. The van der Waals surface area contributed by atoms with Gasteiger partial charge in [0.2, 0.25) is 41.4 Å². The molecule has 82 heavy (non-hydrogen) atoms. The minimum absolute atomic E-state index is 0.000607. The Morgan fingerprint density at radius 3 is 2.06 bits per heavy atom. The first kappa shape index (κ1) is 72.6. The molecule has 7 N–H and O–H groups in total. The van der Waals surface area contributed by atoms with E-state index in [4.69, 9.17) is 19.2 Å². The Hall–Kier alpha value is -5.55. The van der Waals surface area contributed by atoms with Crippen molar-refractivity contribution in [3.8, 4) is 0 Å². The number of carbonyl (C=O) groups is 8. The monoisotopic (exact) mass is 1170 g/mol. The summed E-state index contributed by atoms with van der Waals surface area (Å²) in [5.74, 6) is -3.52. The Bertz CT molecular complexity index is 2280. The van der Waals surface area contributed by atoms with Crippen molar-refractivity contribution >= 4 is 58.6 Å². The van der Waals surface area contributed by atoms with Crippen LogP contribution in [-0.2, 0) is 54.2 Å². The lowest BCUT2D eigenvalue weighted by atomic mass is 9.91. The lowest BCUT2D eigenvalue weighted by Crippen LogP contribution is -2.60. The van der Waals surface area contributed by atoms with Crippen LogP contribution < -0.4 is 37.2 Å². The number of carbonyl (C=O) groups excluding carboxylic acids is 8. The van der Waals surface area contributed by atoms with Crippen LogP contribution in [0.25, 0.3) is 0 Å². The van der Waals surface area contributed by atoms with Gasteiger partial charge < -0.3 is 56.3 Å². The number of nitrogens with zero attached hydrogens (tertiary/aromatic N) is 3. The van der Waals surface area contributed by atoms with E-state index in [2.05, 4.69) is 51.1 Å². The van der Waals surface area contributed by atoms with E-state index in [1.165, 1.54) is 25.3 Å². The fourth-order valence-corrected chi connectivity index (χ4v) is 9.69. The van der Waals surface area contributed by atoms with Crippen LogP contribution in [0.1, 0.15) is 166 Å². The Kier molecular flexibility index (Phi) is 33.9. The molecule has 0 aliphatic carbocycles. The summed E-state index contributed by atoms with van der Waals surface area (Å²) in [5.41, 5.74) is 1.35. The normalized spacial score (nSPS) is 14.5. The maximum atomic E-state index is 14.8. The number of nitrogens with one attached hydrogen (secondary N) is 7. The van der Waals surface area contributed by atoms with Crippen LogP contribution in [0.15, 0.2) is 29.6 Å². The van der Waals surface area contributed by atoms with Gasteiger partial charge in [-0.3, -0.25) is 43.3 Å².